The third-order valence-electron chi connectivity index (χ3n) is 6.91. The van der Waals surface area contributed by atoms with Gasteiger partial charge in [0.25, 0.3) is 5.60 Å². The van der Waals surface area contributed by atoms with Gasteiger partial charge in [0.15, 0.2) is 11.6 Å². The Labute approximate surface area is 195 Å². The Morgan fingerprint density at radius 1 is 1.09 bits per heavy atom. The first-order valence-corrected chi connectivity index (χ1v) is 10.8. The number of halogens is 6. The van der Waals surface area contributed by atoms with Crippen LogP contribution >= 0.6 is 11.6 Å². The zero-order chi connectivity index (χ0) is 24.5. The summed E-state index contributed by atoms with van der Waals surface area (Å²) in [5.74, 6) is -2.98. The van der Waals surface area contributed by atoms with Gasteiger partial charge in [0, 0.05) is 25.1 Å². The molecule has 2 aromatic carbocycles. The number of aliphatic hydroxyl groups is 1. The highest BCUT2D eigenvalue weighted by Crippen LogP contribution is 2.50. The molecule has 1 N–H and O–H groups in total. The number of benzene rings is 2. The van der Waals surface area contributed by atoms with Crippen molar-refractivity contribution >= 4 is 23.6 Å². The van der Waals surface area contributed by atoms with E-state index in [-0.39, 0.29) is 18.8 Å². The van der Waals surface area contributed by atoms with Gasteiger partial charge in [0.1, 0.15) is 11.9 Å². The summed E-state index contributed by atoms with van der Waals surface area (Å²) >= 11 is 5.57. The maximum absolute atomic E-state index is 14.1. The molecule has 1 unspecified atom stereocenters. The predicted octanol–water partition coefficient (Wildman–Crippen LogP) is 4.44. The Morgan fingerprint density at radius 2 is 1.74 bits per heavy atom. The fraction of sp³-hybridized carbons (Fsp3) is 0.391. The Bertz CT molecular complexity index is 1170. The van der Waals surface area contributed by atoms with Crippen LogP contribution in [0.15, 0.2) is 41.6 Å². The van der Waals surface area contributed by atoms with Gasteiger partial charge in [0.2, 0.25) is 0 Å². The van der Waals surface area contributed by atoms with Gasteiger partial charge >= 0.3 is 6.18 Å². The van der Waals surface area contributed by atoms with Crippen LogP contribution in [0, 0.1) is 11.6 Å². The number of aldehydes is 1. The molecule has 5 nitrogen and oxygen atoms in total. The fourth-order valence-corrected chi connectivity index (χ4v) is 4.75. The molecule has 1 saturated heterocycles. The van der Waals surface area contributed by atoms with Crippen LogP contribution < -0.4 is 0 Å². The van der Waals surface area contributed by atoms with Crippen molar-refractivity contribution in [3.8, 4) is 0 Å². The van der Waals surface area contributed by atoms with Crippen LogP contribution in [0.4, 0.5) is 22.0 Å². The van der Waals surface area contributed by atoms with E-state index in [9.17, 15) is 31.9 Å². The zero-order valence-electron chi connectivity index (χ0n) is 17.5. The molecule has 34 heavy (non-hydrogen) atoms. The molecule has 0 bridgehead atoms. The SMILES string of the molecule is O=CC1(N2CC(O)(c3ccc(C4=NOC(c5cc(F)c(F)c(Cl)c5)(C(F)(F)F)C4)cc3)C2)CC1. The number of hydrogen-bond acceptors (Lipinski definition) is 5. The lowest BCUT2D eigenvalue weighted by Gasteiger charge is -2.49. The second-order valence-electron chi connectivity index (χ2n) is 9.07. The van der Waals surface area contributed by atoms with Crippen LogP contribution in [0.25, 0.3) is 0 Å². The van der Waals surface area contributed by atoms with E-state index in [1.54, 1.807) is 12.1 Å². The zero-order valence-corrected chi connectivity index (χ0v) is 18.3. The normalized spacial score (nSPS) is 25.3. The minimum atomic E-state index is -5.01. The van der Waals surface area contributed by atoms with Crippen LogP contribution in [-0.2, 0) is 20.8 Å². The van der Waals surface area contributed by atoms with Gasteiger partial charge in [-0.15, -0.1) is 0 Å². The summed E-state index contributed by atoms with van der Waals surface area (Å²) in [6, 6.07) is 7.26. The van der Waals surface area contributed by atoms with Gasteiger partial charge < -0.3 is 14.7 Å². The quantitative estimate of drug-likeness (QED) is 0.375. The summed E-state index contributed by atoms with van der Waals surface area (Å²) in [5.41, 5.74) is -4.55. The van der Waals surface area contributed by atoms with Gasteiger partial charge in [-0.25, -0.2) is 8.78 Å². The number of oxime groups is 1. The number of carbonyl (C=O) groups excluding carboxylic acids is 1. The van der Waals surface area contributed by atoms with Crippen LogP contribution in [0.5, 0.6) is 0 Å². The number of β-amino-alcohol motifs (C(OH)–C–C–N with tert-alkyl or cyclic N) is 1. The average Bonchev–Trinajstić information content (AvgIpc) is 3.43. The van der Waals surface area contributed by atoms with Crippen LogP contribution in [0.2, 0.25) is 5.02 Å². The molecule has 1 saturated carbocycles. The minimum absolute atomic E-state index is 0.0511. The van der Waals surface area contributed by atoms with Gasteiger partial charge in [-0.05, 0) is 36.1 Å². The van der Waals surface area contributed by atoms with E-state index in [0.29, 0.717) is 23.3 Å². The molecule has 180 valence electrons. The Morgan fingerprint density at radius 3 is 2.26 bits per heavy atom. The molecule has 3 aliphatic rings. The highest BCUT2D eigenvalue weighted by atomic mass is 35.5. The van der Waals surface area contributed by atoms with Crippen LogP contribution in [0.1, 0.15) is 36.0 Å². The number of nitrogens with zero attached hydrogens (tertiary/aromatic N) is 2. The van der Waals surface area contributed by atoms with Crippen molar-refractivity contribution in [3.63, 3.8) is 0 Å². The van der Waals surface area contributed by atoms with Crippen molar-refractivity contribution in [2.45, 2.75) is 42.2 Å². The van der Waals surface area contributed by atoms with Crippen molar-refractivity contribution < 1.29 is 36.7 Å². The van der Waals surface area contributed by atoms with E-state index < -0.39 is 51.6 Å². The summed E-state index contributed by atoms with van der Waals surface area (Å²) in [7, 11) is 0. The molecular weight excluding hydrogens is 483 g/mol. The second-order valence-corrected chi connectivity index (χ2v) is 9.48. The largest absolute Gasteiger partial charge is 0.435 e. The van der Waals surface area contributed by atoms with Gasteiger partial charge in [-0.2, -0.15) is 13.2 Å². The van der Waals surface area contributed by atoms with Crippen molar-refractivity contribution in [1.82, 2.24) is 4.90 Å². The molecule has 0 spiro atoms. The number of rotatable bonds is 5. The lowest BCUT2D eigenvalue weighted by molar-refractivity contribution is -0.276. The molecule has 2 aliphatic heterocycles. The van der Waals surface area contributed by atoms with Gasteiger partial charge in [0.05, 0.1) is 16.3 Å². The molecule has 2 heterocycles. The maximum Gasteiger partial charge on any atom is 0.435 e. The Balaban J connectivity index is 1.37. The van der Waals surface area contributed by atoms with Crippen molar-refractivity contribution in [2.24, 2.45) is 5.16 Å². The highest BCUT2D eigenvalue weighted by molar-refractivity contribution is 6.30. The van der Waals surface area contributed by atoms with Gasteiger partial charge in [-0.1, -0.05) is 41.0 Å². The molecular formula is C23H18ClF5N2O3. The summed E-state index contributed by atoms with van der Waals surface area (Å²) in [4.78, 5) is 18.0. The summed E-state index contributed by atoms with van der Waals surface area (Å²) in [6.45, 7) is 0.562. The second kappa shape index (κ2) is 7.47. The van der Waals surface area contributed by atoms with E-state index in [1.165, 1.54) is 12.1 Å². The van der Waals surface area contributed by atoms with E-state index >= 15 is 0 Å². The molecule has 0 aromatic heterocycles. The first-order chi connectivity index (χ1) is 15.9. The van der Waals surface area contributed by atoms with E-state index in [0.717, 1.165) is 19.1 Å². The minimum Gasteiger partial charge on any atom is -0.382 e. The number of carbonyl (C=O) groups is 1. The fourth-order valence-electron chi connectivity index (χ4n) is 4.54. The summed E-state index contributed by atoms with van der Waals surface area (Å²) in [5, 5.41) is 13.7. The molecule has 11 heteroatoms. The predicted molar refractivity (Wildman–Crippen MR) is 111 cm³/mol. The van der Waals surface area contributed by atoms with E-state index in [4.69, 9.17) is 16.4 Å². The molecule has 2 fully saturated rings. The molecule has 0 amide bonds. The topological polar surface area (TPSA) is 62.1 Å². The highest BCUT2D eigenvalue weighted by Gasteiger charge is 2.63. The smallest absolute Gasteiger partial charge is 0.382 e. The first-order valence-electron chi connectivity index (χ1n) is 10.4. The standard InChI is InChI=1S/C23H18ClF5N2O3/c24-16-7-15(8-17(25)19(16)26)22(23(27,28)29)9-18(30-34-22)13-1-3-14(4-2-13)21(33)10-31(11-21)20(12-32)5-6-20/h1-4,7-8,12,33H,5-6,9-11H2. The summed E-state index contributed by atoms with van der Waals surface area (Å²) < 4.78 is 69.6. The lowest BCUT2D eigenvalue weighted by atomic mass is 9.83. The molecule has 1 atom stereocenters. The Hall–Kier alpha value is -2.56. The average molecular weight is 501 g/mol. The third kappa shape index (κ3) is 3.42. The van der Waals surface area contributed by atoms with Gasteiger partial charge in [-0.3, -0.25) is 4.90 Å². The van der Waals surface area contributed by atoms with Crippen LogP contribution in [-0.4, -0.2) is 46.8 Å². The van der Waals surface area contributed by atoms with Crippen molar-refractivity contribution in [1.29, 1.82) is 0 Å². The van der Waals surface area contributed by atoms with Crippen LogP contribution in [0.3, 0.4) is 0 Å². The number of likely N-dealkylation sites (tertiary alicyclic amines) is 1. The Kier molecular flexibility index (Phi) is 5.09. The van der Waals surface area contributed by atoms with E-state index in [1.807, 2.05) is 4.90 Å². The monoisotopic (exact) mass is 500 g/mol. The molecule has 5 rings (SSSR count). The van der Waals surface area contributed by atoms with Crippen molar-refractivity contribution in [2.75, 3.05) is 13.1 Å². The third-order valence-corrected chi connectivity index (χ3v) is 7.18. The number of alkyl halides is 3. The lowest BCUT2D eigenvalue weighted by Crippen LogP contribution is -2.63. The molecule has 0 radical (unpaired) electrons. The number of hydrogen-bond donors (Lipinski definition) is 1. The first kappa shape index (κ1) is 23.2. The van der Waals surface area contributed by atoms with E-state index in [2.05, 4.69) is 5.16 Å². The maximum atomic E-state index is 14.1. The van der Waals surface area contributed by atoms with Crippen molar-refractivity contribution in [3.05, 3.63) is 69.7 Å². The molecule has 1 aliphatic carbocycles. The summed E-state index contributed by atoms with van der Waals surface area (Å²) in [6.07, 6.45) is -3.36. The molecule has 2 aromatic rings.